The SMILES string of the molecule is CN(C)CC(O)CNc1cc(C#N)ccc1Cl. The number of rotatable bonds is 5. The maximum Gasteiger partial charge on any atom is 0.0992 e. The fourth-order valence-electron chi connectivity index (χ4n) is 1.44. The van der Waals surface area contributed by atoms with Crippen molar-refractivity contribution in [2.75, 3.05) is 32.5 Å². The predicted octanol–water partition coefficient (Wildman–Crippen LogP) is 1.55. The summed E-state index contributed by atoms with van der Waals surface area (Å²) < 4.78 is 0. The molecule has 1 rings (SSSR count). The molecule has 0 amide bonds. The summed E-state index contributed by atoms with van der Waals surface area (Å²) in [6.45, 7) is 0.968. The van der Waals surface area contributed by atoms with Gasteiger partial charge in [-0.05, 0) is 32.3 Å². The molecule has 0 saturated carbocycles. The molecule has 0 aliphatic carbocycles. The van der Waals surface area contributed by atoms with Gasteiger partial charge in [-0.15, -0.1) is 0 Å². The molecule has 0 radical (unpaired) electrons. The molecule has 5 heteroatoms. The summed E-state index contributed by atoms with van der Waals surface area (Å²) in [6.07, 6.45) is -0.480. The van der Waals surface area contributed by atoms with Gasteiger partial charge >= 0.3 is 0 Å². The molecule has 0 aromatic heterocycles. The Hall–Kier alpha value is -1.28. The van der Waals surface area contributed by atoms with Gasteiger partial charge in [0.1, 0.15) is 0 Å². The fourth-order valence-corrected chi connectivity index (χ4v) is 1.63. The van der Waals surface area contributed by atoms with Crippen molar-refractivity contribution >= 4 is 17.3 Å². The molecule has 0 fully saturated rings. The Morgan fingerprint density at radius 3 is 2.82 bits per heavy atom. The van der Waals surface area contributed by atoms with Crippen LogP contribution < -0.4 is 5.32 Å². The number of nitrogens with zero attached hydrogens (tertiary/aromatic N) is 2. The zero-order chi connectivity index (χ0) is 12.8. The summed E-state index contributed by atoms with van der Waals surface area (Å²) >= 11 is 5.98. The van der Waals surface area contributed by atoms with Gasteiger partial charge in [0.2, 0.25) is 0 Å². The molecular weight excluding hydrogens is 238 g/mol. The maximum atomic E-state index is 9.69. The van der Waals surface area contributed by atoms with E-state index in [0.717, 1.165) is 0 Å². The number of anilines is 1. The lowest BCUT2D eigenvalue weighted by atomic mass is 10.2. The van der Waals surface area contributed by atoms with Crippen molar-refractivity contribution in [2.24, 2.45) is 0 Å². The number of hydrogen-bond acceptors (Lipinski definition) is 4. The summed E-state index contributed by atoms with van der Waals surface area (Å²) in [6, 6.07) is 7.04. The van der Waals surface area contributed by atoms with Gasteiger partial charge in [-0.25, -0.2) is 0 Å². The average molecular weight is 254 g/mol. The summed E-state index contributed by atoms with van der Waals surface area (Å²) in [5, 5.41) is 22.0. The van der Waals surface area contributed by atoms with Crippen molar-refractivity contribution < 1.29 is 5.11 Å². The lowest BCUT2D eigenvalue weighted by molar-refractivity contribution is 0.148. The van der Waals surface area contributed by atoms with Crippen molar-refractivity contribution in [3.8, 4) is 6.07 Å². The van der Waals surface area contributed by atoms with E-state index in [2.05, 4.69) is 5.32 Å². The number of hydrogen-bond donors (Lipinski definition) is 2. The third kappa shape index (κ3) is 4.61. The van der Waals surface area contributed by atoms with Crippen molar-refractivity contribution in [2.45, 2.75) is 6.10 Å². The molecular formula is C12H16ClN3O. The standard InChI is InChI=1S/C12H16ClN3O/c1-16(2)8-10(17)7-15-12-5-9(6-14)3-4-11(12)13/h3-5,10,15,17H,7-8H2,1-2H3. The number of aliphatic hydroxyl groups is 1. The molecule has 1 aromatic rings. The Bertz CT molecular complexity index is 415. The first-order valence-corrected chi connectivity index (χ1v) is 5.67. The summed E-state index contributed by atoms with van der Waals surface area (Å²) in [5.74, 6) is 0. The highest BCUT2D eigenvalue weighted by molar-refractivity contribution is 6.33. The Kier molecular flexibility index (Phi) is 5.23. The second kappa shape index (κ2) is 6.45. The van der Waals surface area contributed by atoms with Gasteiger partial charge in [0.05, 0.1) is 28.4 Å². The Balaban J connectivity index is 2.60. The van der Waals surface area contributed by atoms with Crippen LogP contribution in [0.2, 0.25) is 5.02 Å². The Morgan fingerprint density at radius 2 is 2.24 bits per heavy atom. The minimum atomic E-state index is -0.480. The van der Waals surface area contributed by atoms with Crippen LogP contribution in [0.25, 0.3) is 0 Å². The largest absolute Gasteiger partial charge is 0.390 e. The zero-order valence-electron chi connectivity index (χ0n) is 9.94. The van der Waals surface area contributed by atoms with Crippen LogP contribution in [-0.4, -0.2) is 43.3 Å². The lowest BCUT2D eigenvalue weighted by Crippen LogP contribution is -2.31. The molecule has 1 unspecified atom stereocenters. The van der Waals surface area contributed by atoms with Gasteiger partial charge in [0.15, 0.2) is 0 Å². The molecule has 0 saturated heterocycles. The van der Waals surface area contributed by atoms with Gasteiger partial charge in [-0.2, -0.15) is 5.26 Å². The van der Waals surface area contributed by atoms with Crippen LogP contribution >= 0.6 is 11.6 Å². The van der Waals surface area contributed by atoms with Gasteiger partial charge < -0.3 is 15.3 Å². The summed E-state index contributed by atoms with van der Waals surface area (Å²) in [7, 11) is 3.79. The maximum absolute atomic E-state index is 9.69. The highest BCUT2D eigenvalue weighted by Gasteiger charge is 2.07. The smallest absolute Gasteiger partial charge is 0.0992 e. The normalized spacial score (nSPS) is 12.2. The van der Waals surface area contributed by atoms with E-state index in [0.29, 0.717) is 29.4 Å². The average Bonchev–Trinajstić information content (AvgIpc) is 2.27. The molecule has 1 aromatic carbocycles. The van der Waals surface area contributed by atoms with E-state index in [-0.39, 0.29) is 0 Å². The van der Waals surface area contributed by atoms with Gasteiger partial charge in [-0.1, -0.05) is 11.6 Å². The van der Waals surface area contributed by atoms with E-state index in [1.807, 2.05) is 25.1 Å². The van der Waals surface area contributed by atoms with Crippen LogP contribution in [0.1, 0.15) is 5.56 Å². The van der Waals surface area contributed by atoms with Gasteiger partial charge in [-0.3, -0.25) is 0 Å². The molecule has 4 nitrogen and oxygen atoms in total. The van der Waals surface area contributed by atoms with Gasteiger partial charge in [0.25, 0.3) is 0 Å². The minimum Gasteiger partial charge on any atom is -0.390 e. The van der Waals surface area contributed by atoms with E-state index in [4.69, 9.17) is 16.9 Å². The fraction of sp³-hybridized carbons (Fsp3) is 0.417. The van der Waals surface area contributed by atoms with E-state index in [1.165, 1.54) is 0 Å². The summed E-state index contributed by atoms with van der Waals surface area (Å²) in [5.41, 5.74) is 1.21. The number of halogens is 1. The van der Waals surface area contributed by atoms with Crippen LogP contribution in [0, 0.1) is 11.3 Å². The van der Waals surface area contributed by atoms with E-state index < -0.39 is 6.10 Å². The van der Waals surface area contributed by atoms with Crippen LogP contribution in [0.3, 0.4) is 0 Å². The van der Waals surface area contributed by atoms with Crippen molar-refractivity contribution in [1.82, 2.24) is 4.90 Å². The Morgan fingerprint density at radius 1 is 1.53 bits per heavy atom. The molecule has 17 heavy (non-hydrogen) atoms. The highest BCUT2D eigenvalue weighted by Crippen LogP contribution is 2.22. The van der Waals surface area contributed by atoms with Crippen LogP contribution in [0.5, 0.6) is 0 Å². The molecule has 0 bridgehead atoms. The molecule has 0 aliphatic heterocycles. The topological polar surface area (TPSA) is 59.3 Å². The number of nitrogens with one attached hydrogen (secondary N) is 1. The molecule has 2 N–H and O–H groups in total. The van der Waals surface area contributed by atoms with Gasteiger partial charge in [0, 0.05) is 13.1 Å². The lowest BCUT2D eigenvalue weighted by Gasteiger charge is -2.17. The second-order valence-electron chi connectivity index (χ2n) is 4.10. The quantitative estimate of drug-likeness (QED) is 0.836. The van der Waals surface area contributed by atoms with Crippen molar-refractivity contribution in [3.05, 3.63) is 28.8 Å². The Labute approximate surface area is 106 Å². The number of likely N-dealkylation sites (N-methyl/N-ethyl adjacent to an activating group) is 1. The highest BCUT2D eigenvalue weighted by atomic mass is 35.5. The molecule has 0 spiro atoms. The van der Waals surface area contributed by atoms with Crippen LogP contribution in [0.4, 0.5) is 5.69 Å². The van der Waals surface area contributed by atoms with Crippen LogP contribution in [0.15, 0.2) is 18.2 Å². The number of benzene rings is 1. The summed E-state index contributed by atoms with van der Waals surface area (Å²) in [4.78, 5) is 1.90. The molecule has 1 atom stereocenters. The first-order chi connectivity index (χ1) is 8.02. The molecule has 92 valence electrons. The second-order valence-corrected chi connectivity index (χ2v) is 4.51. The predicted molar refractivity (Wildman–Crippen MR) is 69.2 cm³/mol. The van der Waals surface area contributed by atoms with Crippen LogP contribution in [-0.2, 0) is 0 Å². The molecule has 0 heterocycles. The van der Waals surface area contributed by atoms with Crippen molar-refractivity contribution in [1.29, 1.82) is 5.26 Å². The monoisotopic (exact) mass is 253 g/mol. The first-order valence-electron chi connectivity index (χ1n) is 5.29. The van der Waals surface area contributed by atoms with E-state index in [9.17, 15) is 5.11 Å². The van der Waals surface area contributed by atoms with E-state index in [1.54, 1.807) is 18.2 Å². The number of nitriles is 1. The third-order valence-corrected chi connectivity index (χ3v) is 2.53. The first kappa shape index (κ1) is 13.8. The van der Waals surface area contributed by atoms with Crippen molar-refractivity contribution in [3.63, 3.8) is 0 Å². The minimum absolute atomic E-state index is 0.396. The molecule has 0 aliphatic rings. The van der Waals surface area contributed by atoms with E-state index >= 15 is 0 Å². The zero-order valence-corrected chi connectivity index (χ0v) is 10.7. The number of aliphatic hydroxyl groups excluding tert-OH is 1. The third-order valence-electron chi connectivity index (χ3n) is 2.20.